The van der Waals surface area contributed by atoms with Crippen molar-refractivity contribution in [2.75, 3.05) is 65.3 Å². The Bertz CT molecular complexity index is 541. The minimum absolute atomic E-state index is 0.176. The van der Waals surface area contributed by atoms with Gasteiger partial charge in [-0.15, -0.1) is 0 Å². The van der Waals surface area contributed by atoms with Crippen LogP contribution in [0.1, 0.15) is 26.7 Å². The zero-order chi connectivity index (χ0) is 19.0. The summed E-state index contributed by atoms with van der Waals surface area (Å²) >= 11 is 0. The van der Waals surface area contributed by atoms with Gasteiger partial charge in [-0.3, -0.25) is 9.89 Å². The Balaban J connectivity index is 1.69. The van der Waals surface area contributed by atoms with Gasteiger partial charge in [-0.2, -0.15) is 0 Å². The van der Waals surface area contributed by atoms with Gasteiger partial charge in [0.15, 0.2) is 5.96 Å². The number of morpholine rings is 1. The molecule has 2 N–H and O–H groups in total. The third-order valence-electron chi connectivity index (χ3n) is 5.07. The molecule has 1 atom stereocenters. The van der Waals surface area contributed by atoms with Crippen molar-refractivity contribution >= 4 is 16.0 Å². The molecule has 0 spiro atoms. The maximum atomic E-state index is 11.9. The Kier molecular flexibility index (Phi) is 8.59. The normalized spacial score (nSPS) is 23.0. The van der Waals surface area contributed by atoms with Crippen molar-refractivity contribution in [3.05, 3.63) is 0 Å². The summed E-state index contributed by atoms with van der Waals surface area (Å²) in [7, 11) is -1.29. The molecule has 8 nitrogen and oxygen atoms in total. The Labute approximate surface area is 158 Å². The van der Waals surface area contributed by atoms with Crippen LogP contribution in [0.25, 0.3) is 0 Å². The summed E-state index contributed by atoms with van der Waals surface area (Å²) < 4.78 is 30.9. The van der Waals surface area contributed by atoms with E-state index < -0.39 is 10.0 Å². The molecular formula is C17H35N5O3S. The third-order valence-corrected chi connectivity index (χ3v) is 6.95. The lowest BCUT2D eigenvalue weighted by molar-refractivity contribution is 0.0320. The first-order valence-electron chi connectivity index (χ1n) is 9.69. The van der Waals surface area contributed by atoms with Crippen LogP contribution in [0.4, 0.5) is 0 Å². The molecule has 0 amide bonds. The molecule has 26 heavy (non-hydrogen) atoms. The summed E-state index contributed by atoms with van der Waals surface area (Å²) in [5, 5.41) is 6.85. The van der Waals surface area contributed by atoms with Crippen LogP contribution >= 0.6 is 0 Å². The number of rotatable bonds is 7. The molecule has 0 radical (unpaired) electrons. The lowest BCUT2D eigenvalue weighted by Crippen LogP contribution is -2.51. The molecule has 0 aromatic rings. The van der Waals surface area contributed by atoms with Gasteiger partial charge in [0.1, 0.15) is 0 Å². The van der Waals surface area contributed by atoms with Gasteiger partial charge in [-0.1, -0.05) is 6.92 Å². The van der Waals surface area contributed by atoms with Crippen molar-refractivity contribution in [1.29, 1.82) is 0 Å². The Morgan fingerprint density at radius 2 is 1.88 bits per heavy atom. The zero-order valence-corrected chi connectivity index (χ0v) is 17.2. The number of piperidine rings is 1. The first kappa shape index (κ1) is 21.4. The second-order valence-electron chi connectivity index (χ2n) is 7.19. The summed E-state index contributed by atoms with van der Waals surface area (Å²) in [6.07, 6.45) is 1.62. The predicted octanol–water partition coefficient (Wildman–Crippen LogP) is -0.0662. The average Bonchev–Trinajstić information content (AvgIpc) is 2.66. The van der Waals surface area contributed by atoms with Crippen LogP contribution in [0.3, 0.4) is 0 Å². The Hall–Kier alpha value is -0.900. The number of aliphatic imine (C=N–C) groups is 1. The maximum Gasteiger partial charge on any atom is 0.213 e. The third kappa shape index (κ3) is 6.68. The predicted molar refractivity (Wildman–Crippen MR) is 105 cm³/mol. The Morgan fingerprint density at radius 1 is 1.23 bits per heavy atom. The van der Waals surface area contributed by atoms with E-state index in [1.54, 1.807) is 18.3 Å². The smallest absolute Gasteiger partial charge is 0.213 e. The molecule has 2 saturated heterocycles. The number of ether oxygens (including phenoxy) is 1. The SMILES string of the molecule is CCS(=O)(=O)N1CCC(NC(=NC)NCC(C)CN2CCOCC2)CC1. The molecule has 0 bridgehead atoms. The van der Waals surface area contributed by atoms with E-state index in [1.165, 1.54) is 0 Å². The second-order valence-corrected chi connectivity index (χ2v) is 9.45. The monoisotopic (exact) mass is 389 g/mol. The maximum absolute atomic E-state index is 11.9. The fourth-order valence-electron chi connectivity index (χ4n) is 3.41. The summed E-state index contributed by atoms with van der Waals surface area (Å²) in [6.45, 7) is 10.7. The molecule has 2 rings (SSSR count). The molecule has 0 saturated carbocycles. The van der Waals surface area contributed by atoms with Gasteiger partial charge < -0.3 is 15.4 Å². The van der Waals surface area contributed by atoms with Crippen LogP contribution in [0.15, 0.2) is 4.99 Å². The Morgan fingerprint density at radius 3 is 2.46 bits per heavy atom. The molecule has 0 aromatic carbocycles. The van der Waals surface area contributed by atoms with E-state index in [4.69, 9.17) is 4.74 Å². The summed E-state index contributed by atoms with van der Waals surface area (Å²) in [5.74, 6) is 1.49. The van der Waals surface area contributed by atoms with Gasteiger partial charge in [0, 0.05) is 52.4 Å². The van der Waals surface area contributed by atoms with Crippen LogP contribution in [-0.2, 0) is 14.8 Å². The topological polar surface area (TPSA) is 86.3 Å². The van der Waals surface area contributed by atoms with E-state index >= 15 is 0 Å². The molecule has 2 aliphatic rings. The second kappa shape index (κ2) is 10.4. The number of sulfonamides is 1. The highest BCUT2D eigenvalue weighted by Gasteiger charge is 2.27. The van der Waals surface area contributed by atoms with Crippen LogP contribution in [-0.4, -0.2) is 94.9 Å². The van der Waals surface area contributed by atoms with Gasteiger partial charge in [0.2, 0.25) is 10.0 Å². The number of hydrogen-bond donors (Lipinski definition) is 2. The van der Waals surface area contributed by atoms with Gasteiger partial charge in [0.25, 0.3) is 0 Å². The zero-order valence-electron chi connectivity index (χ0n) is 16.4. The van der Waals surface area contributed by atoms with Crippen LogP contribution < -0.4 is 10.6 Å². The first-order chi connectivity index (χ1) is 12.4. The fourth-order valence-corrected chi connectivity index (χ4v) is 4.54. The van der Waals surface area contributed by atoms with Crippen molar-refractivity contribution in [2.45, 2.75) is 32.7 Å². The number of nitrogens with zero attached hydrogens (tertiary/aromatic N) is 3. The quantitative estimate of drug-likeness (QED) is 0.468. The summed E-state index contributed by atoms with van der Waals surface area (Å²) in [4.78, 5) is 6.75. The summed E-state index contributed by atoms with van der Waals surface area (Å²) in [6, 6.07) is 0.263. The summed E-state index contributed by atoms with van der Waals surface area (Å²) in [5.41, 5.74) is 0. The van der Waals surface area contributed by atoms with Gasteiger partial charge in [0.05, 0.1) is 19.0 Å². The van der Waals surface area contributed by atoms with Crippen molar-refractivity contribution in [1.82, 2.24) is 19.8 Å². The van der Waals surface area contributed by atoms with E-state index in [0.717, 1.165) is 58.2 Å². The lowest BCUT2D eigenvalue weighted by Gasteiger charge is -2.32. The molecule has 2 fully saturated rings. The molecule has 0 aromatic heterocycles. The highest BCUT2D eigenvalue weighted by molar-refractivity contribution is 7.89. The van der Waals surface area contributed by atoms with E-state index in [9.17, 15) is 8.42 Å². The van der Waals surface area contributed by atoms with E-state index in [-0.39, 0.29) is 11.8 Å². The van der Waals surface area contributed by atoms with Crippen molar-refractivity contribution in [3.63, 3.8) is 0 Å². The molecular weight excluding hydrogens is 354 g/mol. The number of guanidine groups is 1. The molecule has 2 heterocycles. The van der Waals surface area contributed by atoms with E-state index in [0.29, 0.717) is 19.0 Å². The van der Waals surface area contributed by atoms with Crippen molar-refractivity contribution in [2.24, 2.45) is 10.9 Å². The largest absolute Gasteiger partial charge is 0.379 e. The molecule has 152 valence electrons. The molecule has 2 aliphatic heterocycles. The number of hydrogen-bond acceptors (Lipinski definition) is 5. The fraction of sp³-hybridized carbons (Fsp3) is 0.941. The van der Waals surface area contributed by atoms with Crippen molar-refractivity contribution < 1.29 is 13.2 Å². The minimum atomic E-state index is -3.07. The van der Waals surface area contributed by atoms with Gasteiger partial charge >= 0.3 is 0 Å². The standard InChI is InChI=1S/C17H35N5O3S/c1-4-26(23,24)22-7-5-16(6-8-22)20-17(18-3)19-13-15(2)14-21-9-11-25-12-10-21/h15-16H,4-14H2,1-3H3,(H2,18,19,20). The van der Waals surface area contributed by atoms with Gasteiger partial charge in [-0.25, -0.2) is 12.7 Å². The van der Waals surface area contributed by atoms with E-state index in [2.05, 4.69) is 27.4 Å². The first-order valence-corrected chi connectivity index (χ1v) is 11.3. The molecule has 9 heteroatoms. The molecule has 1 unspecified atom stereocenters. The van der Waals surface area contributed by atoms with Crippen LogP contribution in [0.2, 0.25) is 0 Å². The highest BCUT2D eigenvalue weighted by Crippen LogP contribution is 2.14. The number of nitrogens with one attached hydrogen (secondary N) is 2. The van der Waals surface area contributed by atoms with Crippen molar-refractivity contribution in [3.8, 4) is 0 Å². The average molecular weight is 390 g/mol. The van der Waals surface area contributed by atoms with Crippen LogP contribution in [0.5, 0.6) is 0 Å². The highest BCUT2D eigenvalue weighted by atomic mass is 32.2. The molecule has 0 aliphatic carbocycles. The van der Waals surface area contributed by atoms with Crippen LogP contribution in [0, 0.1) is 5.92 Å². The minimum Gasteiger partial charge on any atom is -0.379 e. The van der Waals surface area contributed by atoms with Gasteiger partial charge in [-0.05, 0) is 25.7 Å². The lowest BCUT2D eigenvalue weighted by atomic mass is 10.1. The van der Waals surface area contributed by atoms with E-state index in [1.807, 2.05) is 0 Å².